The van der Waals surface area contributed by atoms with E-state index in [2.05, 4.69) is 11.9 Å². The lowest BCUT2D eigenvalue weighted by molar-refractivity contribution is 0.0899. The molecule has 1 aromatic carbocycles. The molecule has 92 valence electrons. The average molecular weight is 239 g/mol. The molecule has 2 heteroatoms. The van der Waals surface area contributed by atoms with Crippen molar-refractivity contribution in [1.82, 2.24) is 4.98 Å². The highest BCUT2D eigenvalue weighted by molar-refractivity contribution is 6.09. The molecule has 0 aliphatic heterocycles. The van der Waals surface area contributed by atoms with Crippen LogP contribution >= 0.6 is 0 Å². The first kappa shape index (κ1) is 11.4. The first-order valence-electron chi connectivity index (χ1n) is 6.64. The molecule has 2 atom stereocenters. The lowest BCUT2D eigenvalue weighted by atomic mass is 9.88. The van der Waals surface area contributed by atoms with E-state index in [0.29, 0.717) is 11.7 Å². The molecule has 1 aliphatic rings. The summed E-state index contributed by atoms with van der Waals surface area (Å²) >= 11 is 0. The molecule has 1 aliphatic carbocycles. The van der Waals surface area contributed by atoms with Gasteiger partial charge in [0.1, 0.15) is 0 Å². The van der Waals surface area contributed by atoms with Gasteiger partial charge in [-0.1, -0.05) is 31.5 Å². The maximum atomic E-state index is 12.7. The van der Waals surface area contributed by atoms with Crippen LogP contribution in [-0.4, -0.2) is 10.8 Å². The Morgan fingerprint density at radius 2 is 2.17 bits per heavy atom. The fourth-order valence-corrected chi connectivity index (χ4v) is 3.07. The van der Waals surface area contributed by atoms with E-state index in [9.17, 15) is 4.79 Å². The van der Waals surface area contributed by atoms with Gasteiger partial charge in [-0.15, -0.1) is 0 Å². The second kappa shape index (κ2) is 4.52. The standard InChI is InChI=1S/C16H17NO/c1-11-4-2-6-13(11)16(18)15-7-3-5-12-10-17-9-8-14(12)15/h3,5,7-11,13H,2,4,6H2,1H3. The molecule has 2 aromatic rings. The van der Waals surface area contributed by atoms with Gasteiger partial charge in [0.2, 0.25) is 0 Å². The smallest absolute Gasteiger partial charge is 0.166 e. The minimum Gasteiger partial charge on any atom is -0.294 e. The molecule has 18 heavy (non-hydrogen) atoms. The van der Waals surface area contributed by atoms with E-state index in [1.54, 1.807) is 6.20 Å². The number of hydrogen-bond donors (Lipinski definition) is 0. The monoisotopic (exact) mass is 239 g/mol. The summed E-state index contributed by atoms with van der Waals surface area (Å²) in [6.07, 6.45) is 7.00. The molecular weight excluding hydrogens is 222 g/mol. The highest BCUT2D eigenvalue weighted by atomic mass is 16.1. The number of hydrogen-bond acceptors (Lipinski definition) is 2. The Balaban J connectivity index is 2.06. The molecule has 3 rings (SSSR count). The number of pyridine rings is 1. The van der Waals surface area contributed by atoms with E-state index >= 15 is 0 Å². The molecule has 0 amide bonds. The van der Waals surface area contributed by atoms with Crippen LogP contribution in [0.4, 0.5) is 0 Å². The van der Waals surface area contributed by atoms with Gasteiger partial charge < -0.3 is 0 Å². The van der Waals surface area contributed by atoms with Crippen LogP contribution in [0.1, 0.15) is 36.5 Å². The van der Waals surface area contributed by atoms with Crippen molar-refractivity contribution < 1.29 is 4.79 Å². The summed E-state index contributed by atoms with van der Waals surface area (Å²) in [5, 5.41) is 2.09. The summed E-state index contributed by atoms with van der Waals surface area (Å²) in [6.45, 7) is 2.20. The summed E-state index contributed by atoms with van der Waals surface area (Å²) in [5.41, 5.74) is 0.869. The van der Waals surface area contributed by atoms with Gasteiger partial charge in [-0.25, -0.2) is 0 Å². The van der Waals surface area contributed by atoms with Gasteiger partial charge in [-0.05, 0) is 30.2 Å². The lowest BCUT2D eigenvalue weighted by Crippen LogP contribution is -2.17. The Labute approximate surface area is 107 Å². The van der Waals surface area contributed by atoms with Crippen molar-refractivity contribution in [2.75, 3.05) is 0 Å². The fourth-order valence-electron chi connectivity index (χ4n) is 3.07. The zero-order valence-corrected chi connectivity index (χ0v) is 10.6. The van der Waals surface area contributed by atoms with Crippen molar-refractivity contribution >= 4 is 16.6 Å². The number of fused-ring (bicyclic) bond motifs is 1. The predicted octanol–water partition coefficient (Wildman–Crippen LogP) is 3.85. The highest BCUT2D eigenvalue weighted by Gasteiger charge is 2.30. The van der Waals surface area contributed by atoms with Gasteiger partial charge in [0.05, 0.1) is 0 Å². The number of benzene rings is 1. The normalized spacial score (nSPS) is 23.4. The number of nitrogens with zero attached hydrogens (tertiary/aromatic N) is 1. The summed E-state index contributed by atoms with van der Waals surface area (Å²) in [6, 6.07) is 7.87. The summed E-state index contributed by atoms with van der Waals surface area (Å²) in [7, 11) is 0. The highest BCUT2D eigenvalue weighted by Crippen LogP contribution is 2.34. The van der Waals surface area contributed by atoms with E-state index in [0.717, 1.165) is 22.8 Å². The Hall–Kier alpha value is -1.70. The molecular formula is C16H17NO. The quantitative estimate of drug-likeness (QED) is 0.745. The fraction of sp³-hybridized carbons (Fsp3) is 0.375. The molecule has 1 saturated carbocycles. The van der Waals surface area contributed by atoms with Crippen LogP contribution in [-0.2, 0) is 0 Å². The van der Waals surface area contributed by atoms with Crippen LogP contribution in [0.15, 0.2) is 36.7 Å². The molecule has 0 radical (unpaired) electrons. The molecule has 0 spiro atoms. The Morgan fingerprint density at radius 3 is 2.94 bits per heavy atom. The van der Waals surface area contributed by atoms with Crippen molar-refractivity contribution in [3.8, 4) is 0 Å². The van der Waals surface area contributed by atoms with Crippen molar-refractivity contribution in [3.05, 3.63) is 42.2 Å². The lowest BCUT2D eigenvalue weighted by Gasteiger charge is -2.15. The van der Waals surface area contributed by atoms with Gasteiger partial charge in [0.25, 0.3) is 0 Å². The van der Waals surface area contributed by atoms with Crippen molar-refractivity contribution in [2.24, 2.45) is 11.8 Å². The summed E-state index contributed by atoms with van der Waals surface area (Å²) in [5.74, 6) is 1.05. The largest absolute Gasteiger partial charge is 0.294 e. The Morgan fingerprint density at radius 1 is 1.28 bits per heavy atom. The summed E-state index contributed by atoms with van der Waals surface area (Å²) in [4.78, 5) is 16.8. The number of carbonyl (C=O) groups excluding carboxylic acids is 1. The van der Waals surface area contributed by atoms with Gasteiger partial charge in [0, 0.05) is 29.3 Å². The molecule has 2 nitrogen and oxygen atoms in total. The average Bonchev–Trinajstić information content (AvgIpc) is 2.83. The zero-order valence-electron chi connectivity index (χ0n) is 10.6. The molecule has 1 heterocycles. The maximum Gasteiger partial charge on any atom is 0.166 e. The van der Waals surface area contributed by atoms with Crippen LogP contribution in [0.2, 0.25) is 0 Å². The van der Waals surface area contributed by atoms with E-state index in [1.807, 2.05) is 30.5 Å². The Kier molecular flexibility index (Phi) is 2.86. The number of Topliss-reactive ketones (excluding diaryl/α,β-unsaturated/α-hetero) is 1. The third-order valence-corrected chi connectivity index (χ3v) is 4.14. The Bertz CT molecular complexity index is 585. The summed E-state index contributed by atoms with van der Waals surface area (Å²) < 4.78 is 0. The van der Waals surface area contributed by atoms with Crippen LogP contribution in [0.3, 0.4) is 0 Å². The van der Waals surface area contributed by atoms with E-state index < -0.39 is 0 Å². The zero-order chi connectivity index (χ0) is 12.5. The SMILES string of the molecule is CC1CCCC1C(=O)c1cccc2cnccc12. The second-order valence-corrected chi connectivity index (χ2v) is 5.28. The van der Waals surface area contributed by atoms with Gasteiger partial charge in [-0.2, -0.15) is 0 Å². The van der Waals surface area contributed by atoms with Crippen LogP contribution in [0.5, 0.6) is 0 Å². The molecule has 0 saturated heterocycles. The van der Waals surface area contributed by atoms with Gasteiger partial charge in [-0.3, -0.25) is 9.78 Å². The maximum absolute atomic E-state index is 12.7. The van der Waals surface area contributed by atoms with Gasteiger partial charge >= 0.3 is 0 Å². The molecule has 0 bridgehead atoms. The van der Waals surface area contributed by atoms with Crippen LogP contribution in [0.25, 0.3) is 10.8 Å². The van der Waals surface area contributed by atoms with Crippen LogP contribution < -0.4 is 0 Å². The minimum absolute atomic E-state index is 0.212. The number of ketones is 1. The van der Waals surface area contributed by atoms with Crippen molar-refractivity contribution in [2.45, 2.75) is 26.2 Å². The van der Waals surface area contributed by atoms with Gasteiger partial charge in [0.15, 0.2) is 5.78 Å². The molecule has 0 N–H and O–H groups in total. The van der Waals surface area contributed by atoms with Crippen molar-refractivity contribution in [1.29, 1.82) is 0 Å². The van der Waals surface area contributed by atoms with E-state index in [1.165, 1.54) is 12.8 Å². The van der Waals surface area contributed by atoms with Crippen molar-refractivity contribution in [3.63, 3.8) is 0 Å². The first-order valence-corrected chi connectivity index (χ1v) is 6.64. The van der Waals surface area contributed by atoms with E-state index in [-0.39, 0.29) is 5.92 Å². The topological polar surface area (TPSA) is 30.0 Å². The van der Waals surface area contributed by atoms with Crippen LogP contribution in [0, 0.1) is 11.8 Å². The molecule has 2 unspecified atom stereocenters. The predicted molar refractivity (Wildman–Crippen MR) is 72.6 cm³/mol. The third kappa shape index (κ3) is 1.82. The number of rotatable bonds is 2. The number of aromatic nitrogens is 1. The third-order valence-electron chi connectivity index (χ3n) is 4.14. The minimum atomic E-state index is 0.212. The van der Waals surface area contributed by atoms with E-state index in [4.69, 9.17) is 0 Å². The number of carbonyl (C=O) groups is 1. The second-order valence-electron chi connectivity index (χ2n) is 5.28. The first-order chi connectivity index (χ1) is 8.77. The molecule has 1 fully saturated rings. The molecule has 1 aromatic heterocycles.